The van der Waals surface area contributed by atoms with Gasteiger partial charge < -0.3 is 14.9 Å². The second-order valence-corrected chi connectivity index (χ2v) is 7.34. The molecule has 0 aromatic heterocycles. The van der Waals surface area contributed by atoms with Gasteiger partial charge in [0.15, 0.2) is 5.60 Å². The molecule has 2 aliphatic carbocycles. The molecule has 0 amide bonds. The molecule has 5 nitrogen and oxygen atoms in total. The van der Waals surface area contributed by atoms with Crippen molar-refractivity contribution in [3.05, 3.63) is 0 Å². The lowest BCUT2D eigenvalue weighted by Gasteiger charge is -2.54. The minimum atomic E-state index is -1.51. The van der Waals surface area contributed by atoms with Gasteiger partial charge in [-0.3, -0.25) is 4.79 Å². The fourth-order valence-corrected chi connectivity index (χ4v) is 4.68. The summed E-state index contributed by atoms with van der Waals surface area (Å²) in [6.45, 7) is 5.05. The topological polar surface area (TPSA) is 83.8 Å². The van der Waals surface area contributed by atoms with Crippen LogP contribution in [-0.4, -0.2) is 39.3 Å². The molecule has 0 aromatic carbocycles. The van der Waals surface area contributed by atoms with Crippen molar-refractivity contribution in [1.29, 1.82) is 0 Å². The Morgan fingerprint density at radius 2 is 1.80 bits per heavy atom. The van der Waals surface area contributed by atoms with Crippen LogP contribution in [0, 0.1) is 17.3 Å². The third-order valence-corrected chi connectivity index (χ3v) is 5.93. The molecule has 1 heterocycles. The number of esters is 1. The quantitative estimate of drug-likeness (QED) is 0.642. The molecule has 1 saturated heterocycles. The maximum absolute atomic E-state index is 12.4. The first-order valence-electron chi connectivity index (χ1n) is 7.30. The Morgan fingerprint density at radius 1 is 1.15 bits per heavy atom. The van der Waals surface area contributed by atoms with Crippen molar-refractivity contribution in [2.45, 2.75) is 63.8 Å². The zero-order valence-corrected chi connectivity index (χ0v) is 12.2. The van der Waals surface area contributed by atoms with Crippen LogP contribution in [0.15, 0.2) is 0 Å². The van der Waals surface area contributed by atoms with Crippen molar-refractivity contribution in [1.82, 2.24) is 0 Å². The molecule has 3 rings (SSSR count). The third kappa shape index (κ3) is 1.56. The summed E-state index contributed by atoms with van der Waals surface area (Å²) in [5, 5.41) is 21.1. The van der Waals surface area contributed by atoms with Crippen LogP contribution >= 0.6 is 0 Å². The molecule has 0 spiro atoms. The van der Waals surface area contributed by atoms with Crippen LogP contribution in [0.5, 0.6) is 0 Å². The first kappa shape index (κ1) is 14.0. The van der Waals surface area contributed by atoms with Crippen LogP contribution in [0.1, 0.15) is 46.5 Å². The molecule has 6 atom stereocenters. The second-order valence-electron chi connectivity index (χ2n) is 7.34. The maximum atomic E-state index is 12.4. The van der Waals surface area contributed by atoms with Crippen LogP contribution in [0.4, 0.5) is 0 Å². The van der Waals surface area contributed by atoms with Gasteiger partial charge in [-0.1, -0.05) is 6.92 Å². The molecule has 1 unspecified atom stereocenters. The van der Waals surface area contributed by atoms with Gasteiger partial charge in [-0.05, 0) is 33.1 Å². The zero-order chi connectivity index (χ0) is 14.9. The van der Waals surface area contributed by atoms with Gasteiger partial charge in [0.2, 0.25) is 0 Å². The van der Waals surface area contributed by atoms with E-state index in [2.05, 4.69) is 0 Å². The Morgan fingerprint density at radius 3 is 2.45 bits per heavy atom. The molecule has 2 saturated carbocycles. The molecular weight excluding hydrogens is 260 g/mol. The van der Waals surface area contributed by atoms with Gasteiger partial charge in [-0.2, -0.15) is 0 Å². The molecule has 112 valence electrons. The van der Waals surface area contributed by atoms with Crippen LogP contribution in [0.2, 0.25) is 0 Å². The maximum Gasteiger partial charge on any atom is 0.338 e. The van der Waals surface area contributed by atoms with Gasteiger partial charge in [-0.15, -0.1) is 0 Å². The fraction of sp³-hybridized carbons (Fsp3) is 0.867. The molecule has 20 heavy (non-hydrogen) atoms. The summed E-state index contributed by atoms with van der Waals surface area (Å²) in [7, 11) is 0. The summed E-state index contributed by atoms with van der Waals surface area (Å²) >= 11 is 0. The number of ether oxygens (including phenoxy) is 1. The minimum absolute atomic E-state index is 0.134. The lowest BCUT2D eigenvalue weighted by atomic mass is 9.51. The lowest BCUT2D eigenvalue weighted by molar-refractivity contribution is -0.187. The van der Waals surface area contributed by atoms with E-state index in [1.165, 1.54) is 6.92 Å². The van der Waals surface area contributed by atoms with E-state index in [-0.39, 0.29) is 11.7 Å². The van der Waals surface area contributed by atoms with Gasteiger partial charge >= 0.3 is 5.97 Å². The average molecular weight is 282 g/mol. The summed E-state index contributed by atoms with van der Waals surface area (Å²) in [6.07, 6.45) is 1.32. The Hall–Kier alpha value is -0.940. The Kier molecular flexibility index (Phi) is 2.68. The first-order chi connectivity index (χ1) is 9.10. The van der Waals surface area contributed by atoms with Gasteiger partial charge in [-0.25, -0.2) is 4.79 Å². The van der Waals surface area contributed by atoms with Gasteiger partial charge in [0.1, 0.15) is 11.9 Å². The predicted octanol–water partition coefficient (Wildman–Crippen LogP) is 0.809. The summed E-state index contributed by atoms with van der Waals surface area (Å²) < 4.78 is 5.40. The number of hydrogen-bond acceptors (Lipinski definition) is 5. The minimum Gasteiger partial charge on any atom is -0.459 e. The van der Waals surface area contributed by atoms with Crippen molar-refractivity contribution in [2.75, 3.05) is 0 Å². The second kappa shape index (κ2) is 3.83. The number of carbonyl (C=O) groups is 2. The number of fused-ring (bicyclic) bond motifs is 3. The summed E-state index contributed by atoms with van der Waals surface area (Å²) in [6, 6.07) is 0. The van der Waals surface area contributed by atoms with E-state index >= 15 is 0 Å². The Bertz CT molecular complexity index is 481. The number of Topliss-reactive ketones (excluding diaryl/α,β-unsaturated/α-hetero) is 1. The van der Waals surface area contributed by atoms with E-state index in [1.54, 1.807) is 6.92 Å². The van der Waals surface area contributed by atoms with Crippen molar-refractivity contribution < 1.29 is 24.5 Å². The molecule has 3 aliphatic rings. The van der Waals surface area contributed by atoms with E-state index in [9.17, 15) is 19.8 Å². The van der Waals surface area contributed by atoms with E-state index in [0.717, 1.165) is 0 Å². The average Bonchev–Trinajstić information content (AvgIpc) is 2.55. The first-order valence-corrected chi connectivity index (χ1v) is 7.30. The molecule has 0 bridgehead atoms. The highest BCUT2D eigenvalue weighted by atomic mass is 16.6. The van der Waals surface area contributed by atoms with Crippen molar-refractivity contribution >= 4 is 11.8 Å². The monoisotopic (exact) mass is 282 g/mol. The molecule has 2 N–H and O–H groups in total. The molecule has 0 aromatic rings. The van der Waals surface area contributed by atoms with Gasteiger partial charge in [0, 0.05) is 23.7 Å². The number of hydrogen-bond donors (Lipinski definition) is 2. The van der Waals surface area contributed by atoms with Crippen LogP contribution in [-0.2, 0) is 14.3 Å². The number of aliphatic hydroxyl groups is 2. The Labute approximate surface area is 118 Å². The summed E-state index contributed by atoms with van der Waals surface area (Å²) in [5.74, 6) is -1.28. The molecule has 3 fully saturated rings. The Balaban J connectivity index is 2.06. The smallest absolute Gasteiger partial charge is 0.338 e. The van der Waals surface area contributed by atoms with Gasteiger partial charge in [0.05, 0.1) is 5.60 Å². The van der Waals surface area contributed by atoms with Crippen LogP contribution < -0.4 is 0 Å². The SMILES string of the molecule is C[C@@]12CC[C@@H]3[C@@H](OC(=O)[C@@]3(C)O)C1[C@](C)(O)CCC2=O. The summed E-state index contributed by atoms with van der Waals surface area (Å²) in [5.41, 5.74) is -3.22. The van der Waals surface area contributed by atoms with Gasteiger partial charge in [0.25, 0.3) is 0 Å². The highest BCUT2D eigenvalue weighted by Crippen LogP contribution is 2.58. The number of carbonyl (C=O) groups excluding carboxylic acids is 2. The van der Waals surface area contributed by atoms with Crippen molar-refractivity contribution in [2.24, 2.45) is 17.3 Å². The predicted molar refractivity (Wildman–Crippen MR) is 69.7 cm³/mol. The van der Waals surface area contributed by atoms with Crippen LogP contribution in [0.3, 0.4) is 0 Å². The zero-order valence-electron chi connectivity index (χ0n) is 12.2. The van der Waals surface area contributed by atoms with E-state index < -0.39 is 34.6 Å². The fourth-order valence-electron chi connectivity index (χ4n) is 4.68. The number of ketones is 1. The highest BCUT2D eigenvalue weighted by molar-refractivity contribution is 5.87. The molecule has 0 radical (unpaired) electrons. The van der Waals surface area contributed by atoms with E-state index in [0.29, 0.717) is 25.7 Å². The van der Waals surface area contributed by atoms with E-state index in [1.807, 2.05) is 6.92 Å². The third-order valence-electron chi connectivity index (χ3n) is 5.93. The lowest BCUT2D eigenvalue weighted by Crippen LogP contribution is -2.62. The van der Waals surface area contributed by atoms with Crippen molar-refractivity contribution in [3.8, 4) is 0 Å². The summed E-state index contributed by atoms with van der Waals surface area (Å²) in [4.78, 5) is 24.3. The van der Waals surface area contributed by atoms with E-state index in [4.69, 9.17) is 4.74 Å². The van der Waals surface area contributed by atoms with Crippen molar-refractivity contribution in [3.63, 3.8) is 0 Å². The normalized spacial score (nSPS) is 55.1. The standard InChI is InChI=1S/C15H22O5/c1-13-6-4-8-10(20-12(17)15(8,3)19)11(13)14(2,18)7-5-9(13)16/h8,10-11,18-19H,4-7H2,1-3H3/t8-,10-,11?,13+,14-,15+/m1/s1. The highest BCUT2D eigenvalue weighted by Gasteiger charge is 2.67. The molecule has 1 aliphatic heterocycles. The molecular formula is C15H22O5. The van der Waals surface area contributed by atoms with Crippen LogP contribution in [0.25, 0.3) is 0 Å². The molecule has 5 heteroatoms. The largest absolute Gasteiger partial charge is 0.459 e. The number of rotatable bonds is 0.